The van der Waals surface area contributed by atoms with E-state index in [0.29, 0.717) is 24.9 Å². The molecular weight excluding hydrogens is 809 g/mol. The summed E-state index contributed by atoms with van der Waals surface area (Å²) in [6.45, 7) is 17.6. The Morgan fingerprint density at radius 1 is 0.766 bits per heavy atom. The van der Waals surface area contributed by atoms with Gasteiger partial charge in [-0.25, -0.2) is 4.79 Å². The lowest BCUT2D eigenvalue weighted by atomic mass is 9.33. The molecule has 4 N–H and O–H groups in total. The Labute approximate surface area is 383 Å². The Kier molecular flexibility index (Phi) is 15.0. The van der Waals surface area contributed by atoms with Crippen molar-refractivity contribution in [3.63, 3.8) is 0 Å². The molecule has 0 amide bonds. The average Bonchev–Trinajstić information content (AvgIpc) is 3.53. The fraction of sp³-hybridized carbons (Fsp3) is 0.868. The molecule has 64 heavy (non-hydrogen) atoms. The summed E-state index contributed by atoms with van der Waals surface area (Å²) in [5.74, 6) is 1.46. The highest BCUT2D eigenvalue weighted by atomic mass is 16.6. The molecule has 0 aromatic carbocycles. The van der Waals surface area contributed by atoms with Gasteiger partial charge in [-0.1, -0.05) is 124 Å². The molecule has 11 heteroatoms. The average molecular weight is 895 g/mol. The molecule has 5 fully saturated rings. The van der Waals surface area contributed by atoms with Gasteiger partial charge in [0.15, 0.2) is 6.23 Å². The van der Waals surface area contributed by atoms with Crippen molar-refractivity contribution in [2.75, 3.05) is 13.2 Å². The van der Waals surface area contributed by atoms with Crippen LogP contribution in [0.25, 0.3) is 0 Å². The number of hydrogen-bond donors (Lipinski definition) is 4. The van der Waals surface area contributed by atoms with E-state index in [2.05, 4.69) is 54.5 Å². The van der Waals surface area contributed by atoms with Crippen LogP contribution in [0.15, 0.2) is 33.5 Å². The predicted octanol–water partition coefficient (Wildman–Crippen LogP) is 9.01. The Hall–Kier alpha value is -2.31. The fourth-order valence-corrected chi connectivity index (χ4v) is 15.1. The summed E-state index contributed by atoms with van der Waals surface area (Å²) in [7, 11) is 0. The predicted molar refractivity (Wildman–Crippen MR) is 249 cm³/mol. The third kappa shape index (κ3) is 8.94. The van der Waals surface area contributed by atoms with Gasteiger partial charge in [0.25, 0.3) is 5.56 Å². The first-order valence-corrected chi connectivity index (χ1v) is 25.8. The summed E-state index contributed by atoms with van der Waals surface area (Å²) in [6, 6.07) is 1.26. The van der Waals surface area contributed by atoms with Gasteiger partial charge < -0.3 is 29.9 Å². The number of aromatic nitrogens is 2. The lowest BCUT2D eigenvalue weighted by Gasteiger charge is -2.71. The highest BCUT2D eigenvalue weighted by Gasteiger charge is 2.69. The molecule has 0 spiro atoms. The van der Waals surface area contributed by atoms with Crippen LogP contribution in [0.4, 0.5) is 0 Å². The second kappa shape index (κ2) is 19.4. The van der Waals surface area contributed by atoms with Crippen molar-refractivity contribution in [2.45, 2.75) is 227 Å². The van der Waals surface area contributed by atoms with E-state index in [1.54, 1.807) is 5.57 Å². The van der Waals surface area contributed by atoms with E-state index in [1.807, 2.05) is 0 Å². The van der Waals surface area contributed by atoms with Gasteiger partial charge >= 0.3 is 11.7 Å². The molecule has 7 rings (SSSR count). The zero-order valence-electron chi connectivity index (χ0n) is 40.8. The maximum atomic E-state index is 14.4. The number of fused-ring (bicyclic) bond motifs is 7. The fourth-order valence-electron chi connectivity index (χ4n) is 15.1. The van der Waals surface area contributed by atoms with Crippen molar-refractivity contribution >= 4 is 5.97 Å². The third-order valence-corrected chi connectivity index (χ3v) is 19.4. The Morgan fingerprint density at radius 3 is 2.03 bits per heavy atom. The van der Waals surface area contributed by atoms with Crippen LogP contribution in [0.5, 0.6) is 0 Å². The molecular formula is C53H86N2O9. The molecule has 5 aliphatic carbocycles. The first-order valence-electron chi connectivity index (χ1n) is 25.8. The number of nitrogens with zero attached hydrogens (tertiary/aromatic N) is 2. The Bertz CT molecular complexity index is 1940. The van der Waals surface area contributed by atoms with E-state index in [0.717, 1.165) is 105 Å². The minimum atomic E-state index is -1.38. The van der Waals surface area contributed by atoms with Crippen LogP contribution in [0.3, 0.4) is 0 Å². The van der Waals surface area contributed by atoms with Crippen molar-refractivity contribution in [1.82, 2.24) is 9.13 Å². The molecule has 0 bridgehead atoms. The molecule has 6 aliphatic rings. The van der Waals surface area contributed by atoms with Crippen LogP contribution in [0.2, 0.25) is 0 Å². The molecule has 12 atom stereocenters. The zero-order chi connectivity index (χ0) is 46.3. The SMILES string of the molecule is CC1(C)CC[C@]2(C(=O)OCCCCCCCCCCCCCCn3c(=O)ccn([C@@H]4O[C@H](CO)[C@@H](O)[C@H]4O)c3=O)CC[C@]3(C)C(=CC[C@@H]4[C@@]5(C)CC[C@H](O)C(C)(C)C5CC[C@]43C)[C@@H]2C1. The molecule has 2 heterocycles. The third-order valence-electron chi connectivity index (χ3n) is 19.4. The van der Waals surface area contributed by atoms with Crippen LogP contribution in [0.1, 0.15) is 196 Å². The van der Waals surface area contributed by atoms with Gasteiger partial charge in [0, 0.05) is 18.8 Å². The summed E-state index contributed by atoms with van der Waals surface area (Å²) in [5, 5.41) is 40.9. The molecule has 11 nitrogen and oxygen atoms in total. The summed E-state index contributed by atoms with van der Waals surface area (Å²) >= 11 is 0. The number of allylic oxidation sites excluding steroid dienone is 2. The van der Waals surface area contributed by atoms with Crippen molar-refractivity contribution in [2.24, 2.45) is 50.2 Å². The standard InChI is InChI=1S/C53H86N2O9/c1-48(2)27-29-53(30-28-51(6)36(37(53)34-48)20-21-40-50(5)25-23-41(57)49(3,4)39(50)22-26-52(40,51)7)46(61)63-33-19-17-15-13-11-9-8-10-12-14-16-18-31-54-42(58)24-32-55(47(54)62)45-44(60)43(59)38(35-56)64-45/h20,24,32,37-41,43-45,56-57,59-60H,8-19,21-23,25-31,33-35H2,1-7H3/t37-,38+,39?,40+,41-,43+,44+,45+,50-,51+,52+,53-/m0/s1. The van der Waals surface area contributed by atoms with Gasteiger partial charge in [-0.05, 0) is 122 Å². The summed E-state index contributed by atoms with van der Waals surface area (Å²) in [4.78, 5) is 39.9. The number of unbranched alkanes of at least 4 members (excludes halogenated alkanes) is 11. The van der Waals surface area contributed by atoms with Gasteiger partial charge in [-0.3, -0.25) is 18.7 Å². The highest BCUT2D eigenvalue weighted by Crippen LogP contribution is 2.75. The van der Waals surface area contributed by atoms with Crippen molar-refractivity contribution in [1.29, 1.82) is 0 Å². The summed E-state index contributed by atoms with van der Waals surface area (Å²) < 4.78 is 14.1. The van der Waals surface area contributed by atoms with E-state index < -0.39 is 47.8 Å². The molecule has 1 unspecified atom stereocenters. The topological polar surface area (TPSA) is 160 Å². The maximum absolute atomic E-state index is 14.4. The highest BCUT2D eigenvalue weighted by molar-refractivity contribution is 5.78. The second-order valence-electron chi connectivity index (χ2n) is 23.9. The molecule has 1 aliphatic heterocycles. The number of rotatable bonds is 18. The second-order valence-corrected chi connectivity index (χ2v) is 23.9. The number of aliphatic hydroxyl groups is 4. The first kappa shape index (κ1) is 49.6. The van der Waals surface area contributed by atoms with E-state index >= 15 is 0 Å². The van der Waals surface area contributed by atoms with Crippen LogP contribution in [0, 0.1) is 50.2 Å². The van der Waals surface area contributed by atoms with Crippen LogP contribution >= 0.6 is 0 Å². The van der Waals surface area contributed by atoms with Crippen LogP contribution in [-0.2, 0) is 20.8 Å². The van der Waals surface area contributed by atoms with Gasteiger partial charge in [-0.15, -0.1) is 0 Å². The van der Waals surface area contributed by atoms with E-state index in [4.69, 9.17) is 9.47 Å². The largest absolute Gasteiger partial charge is 0.465 e. The zero-order valence-corrected chi connectivity index (χ0v) is 40.8. The van der Waals surface area contributed by atoms with Gasteiger partial charge in [-0.2, -0.15) is 0 Å². The molecule has 1 aromatic heterocycles. The molecule has 362 valence electrons. The maximum Gasteiger partial charge on any atom is 0.333 e. The summed E-state index contributed by atoms with van der Waals surface area (Å²) in [6.07, 6.45) is 22.3. The number of aliphatic hydroxyl groups excluding tert-OH is 4. The quantitative estimate of drug-likeness (QED) is 0.0641. The smallest absolute Gasteiger partial charge is 0.333 e. The Morgan fingerprint density at radius 2 is 1.39 bits per heavy atom. The molecule has 0 radical (unpaired) electrons. The molecule has 1 saturated heterocycles. The number of hydrogen-bond acceptors (Lipinski definition) is 9. The number of carbonyl (C=O) groups is 1. The van der Waals surface area contributed by atoms with Crippen LogP contribution < -0.4 is 11.2 Å². The van der Waals surface area contributed by atoms with Crippen LogP contribution in [-0.4, -0.2) is 73.2 Å². The normalized spacial score (nSPS) is 38.6. The Balaban J connectivity index is 0.805. The van der Waals surface area contributed by atoms with Gasteiger partial charge in [0.05, 0.1) is 24.7 Å². The summed E-state index contributed by atoms with van der Waals surface area (Å²) in [5.41, 5.74) is 0.802. The van der Waals surface area contributed by atoms with Gasteiger partial charge in [0.1, 0.15) is 18.3 Å². The minimum Gasteiger partial charge on any atom is -0.465 e. The van der Waals surface area contributed by atoms with E-state index in [1.165, 1.54) is 50.8 Å². The first-order chi connectivity index (χ1) is 30.3. The molecule has 4 saturated carbocycles. The number of ether oxygens (including phenoxy) is 2. The lowest BCUT2D eigenvalue weighted by molar-refractivity contribution is -0.206. The number of esters is 1. The monoisotopic (exact) mass is 895 g/mol. The van der Waals surface area contributed by atoms with E-state index in [-0.39, 0.29) is 51.6 Å². The van der Waals surface area contributed by atoms with Gasteiger partial charge in [0.2, 0.25) is 0 Å². The van der Waals surface area contributed by atoms with Crippen molar-refractivity contribution < 1.29 is 34.7 Å². The minimum absolute atomic E-state index is 0.0582. The van der Waals surface area contributed by atoms with Crippen molar-refractivity contribution in [3.8, 4) is 0 Å². The number of carbonyl (C=O) groups excluding carboxylic acids is 1. The lowest BCUT2D eigenvalue weighted by Crippen LogP contribution is -2.65. The van der Waals surface area contributed by atoms with E-state index in [9.17, 15) is 34.8 Å². The van der Waals surface area contributed by atoms with Crippen molar-refractivity contribution in [3.05, 3.63) is 44.8 Å². The molecule has 1 aromatic rings.